The average Bonchev–Trinajstić information content (AvgIpc) is 2.51. The fraction of sp³-hybridized carbons (Fsp3) is 0.857. The van der Waals surface area contributed by atoms with Crippen molar-refractivity contribution in [2.75, 3.05) is 19.6 Å². The van der Waals surface area contributed by atoms with Crippen LogP contribution in [0.3, 0.4) is 0 Å². The van der Waals surface area contributed by atoms with Gasteiger partial charge in [-0.2, -0.15) is 15.5 Å². The quantitative estimate of drug-likeness (QED) is 0.623. The zero-order valence-electron chi connectivity index (χ0n) is 7.46. The minimum Gasteiger partial charge on any atom is -0.336 e. The molecule has 1 aliphatic rings. The number of hydrogen-bond donors (Lipinski definition) is 2. The molecular formula is C7H15N3O2. The first-order chi connectivity index (χ1) is 5.70. The maximum Gasteiger partial charge on any atom is 0.342 e. The van der Waals surface area contributed by atoms with Crippen LogP contribution >= 0.6 is 0 Å². The van der Waals surface area contributed by atoms with Crippen molar-refractivity contribution in [3.8, 4) is 0 Å². The highest BCUT2D eigenvalue weighted by Gasteiger charge is 2.18. The third-order valence-corrected chi connectivity index (χ3v) is 1.48. The molecule has 5 heteroatoms. The van der Waals surface area contributed by atoms with E-state index in [1.807, 2.05) is 13.8 Å². The van der Waals surface area contributed by atoms with Crippen LogP contribution in [0.5, 0.6) is 0 Å². The van der Waals surface area contributed by atoms with Gasteiger partial charge in [0.15, 0.2) is 0 Å². The van der Waals surface area contributed by atoms with Gasteiger partial charge in [0.1, 0.15) is 0 Å². The van der Waals surface area contributed by atoms with Gasteiger partial charge in [-0.1, -0.05) is 13.8 Å². The number of amides is 2. The van der Waals surface area contributed by atoms with Crippen LogP contribution in [0.15, 0.2) is 0 Å². The van der Waals surface area contributed by atoms with Crippen molar-refractivity contribution >= 4 is 6.03 Å². The topological polar surface area (TPSA) is 53.6 Å². The summed E-state index contributed by atoms with van der Waals surface area (Å²) in [6, 6.07) is -0.172. The Kier molecular flexibility index (Phi) is 3.31. The summed E-state index contributed by atoms with van der Waals surface area (Å²) in [5.74, 6) is 0.463. The molecule has 70 valence electrons. The van der Waals surface area contributed by atoms with Crippen LogP contribution in [0.4, 0.5) is 4.79 Å². The van der Waals surface area contributed by atoms with Gasteiger partial charge < -0.3 is 5.32 Å². The number of nitrogens with zero attached hydrogens (tertiary/aromatic N) is 1. The van der Waals surface area contributed by atoms with Gasteiger partial charge >= 0.3 is 6.03 Å². The van der Waals surface area contributed by atoms with Gasteiger partial charge in [0, 0.05) is 13.1 Å². The molecule has 0 radical (unpaired) electrons. The lowest BCUT2D eigenvalue weighted by Gasteiger charge is -2.14. The van der Waals surface area contributed by atoms with E-state index in [0.717, 1.165) is 0 Å². The highest BCUT2D eigenvalue weighted by molar-refractivity contribution is 5.73. The summed E-state index contributed by atoms with van der Waals surface area (Å²) in [4.78, 5) is 16.0. The summed E-state index contributed by atoms with van der Waals surface area (Å²) < 4.78 is 0. The van der Waals surface area contributed by atoms with Crippen LogP contribution in [0.2, 0.25) is 0 Å². The molecule has 1 saturated heterocycles. The van der Waals surface area contributed by atoms with Crippen molar-refractivity contribution in [3.63, 3.8) is 0 Å². The second-order valence-electron chi connectivity index (χ2n) is 3.17. The molecule has 0 atom stereocenters. The lowest BCUT2D eigenvalue weighted by Crippen LogP contribution is -2.39. The molecule has 0 unspecified atom stereocenters. The second-order valence-corrected chi connectivity index (χ2v) is 3.17. The first-order valence-electron chi connectivity index (χ1n) is 4.15. The molecule has 0 aromatic carbocycles. The van der Waals surface area contributed by atoms with E-state index in [-0.39, 0.29) is 6.03 Å². The summed E-state index contributed by atoms with van der Waals surface area (Å²) in [7, 11) is 0. The van der Waals surface area contributed by atoms with Crippen molar-refractivity contribution in [3.05, 3.63) is 0 Å². The van der Waals surface area contributed by atoms with E-state index >= 15 is 0 Å². The molecule has 0 aromatic heterocycles. The molecule has 1 aliphatic heterocycles. The van der Waals surface area contributed by atoms with Gasteiger partial charge in [0.25, 0.3) is 0 Å². The number of carbonyl (C=O) groups is 1. The van der Waals surface area contributed by atoms with Crippen LogP contribution in [0.25, 0.3) is 0 Å². The molecule has 0 saturated carbocycles. The molecule has 5 nitrogen and oxygen atoms in total. The normalized spacial score (nSPS) is 17.1. The standard InChI is InChI=1S/C7H15N3O2/c1-6(2)5-8-7(11)10-4-3-9-12-10/h6,9H,3-5H2,1-2H3,(H,8,11). The predicted octanol–water partition coefficient (Wildman–Crippen LogP) is 0.104. The van der Waals surface area contributed by atoms with E-state index in [2.05, 4.69) is 10.8 Å². The third kappa shape index (κ3) is 2.67. The zero-order valence-corrected chi connectivity index (χ0v) is 7.46. The minimum atomic E-state index is -0.172. The molecule has 1 rings (SSSR count). The number of rotatable bonds is 2. The van der Waals surface area contributed by atoms with Crippen molar-refractivity contribution < 1.29 is 9.73 Å². The molecule has 0 bridgehead atoms. The van der Waals surface area contributed by atoms with Crippen molar-refractivity contribution in [2.24, 2.45) is 5.92 Å². The van der Waals surface area contributed by atoms with E-state index in [4.69, 9.17) is 4.94 Å². The zero-order chi connectivity index (χ0) is 8.97. The largest absolute Gasteiger partial charge is 0.342 e. The molecule has 2 N–H and O–H groups in total. The molecule has 0 aliphatic carbocycles. The molecule has 1 fully saturated rings. The first-order valence-corrected chi connectivity index (χ1v) is 4.15. The Balaban J connectivity index is 2.18. The van der Waals surface area contributed by atoms with Gasteiger partial charge in [0.05, 0.1) is 6.54 Å². The Bertz CT molecular complexity index is 155. The van der Waals surface area contributed by atoms with Gasteiger partial charge in [0.2, 0.25) is 0 Å². The van der Waals surface area contributed by atoms with Crippen LogP contribution in [0, 0.1) is 5.92 Å². The van der Waals surface area contributed by atoms with Crippen molar-refractivity contribution in [1.29, 1.82) is 0 Å². The molecule has 12 heavy (non-hydrogen) atoms. The summed E-state index contributed by atoms with van der Waals surface area (Å²) in [5, 5.41) is 4.03. The number of carbonyl (C=O) groups excluding carboxylic acids is 1. The third-order valence-electron chi connectivity index (χ3n) is 1.48. The van der Waals surface area contributed by atoms with Crippen LogP contribution in [0.1, 0.15) is 13.8 Å². The van der Waals surface area contributed by atoms with E-state index in [9.17, 15) is 4.79 Å². The van der Waals surface area contributed by atoms with Crippen LogP contribution in [-0.2, 0) is 4.94 Å². The molecule has 0 aromatic rings. The highest BCUT2D eigenvalue weighted by atomic mass is 16.8. The Morgan fingerprint density at radius 2 is 2.50 bits per heavy atom. The van der Waals surface area contributed by atoms with Crippen molar-refractivity contribution in [1.82, 2.24) is 15.9 Å². The summed E-state index contributed by atoms with van der Waals surface area (Å²) in [5.41, 5.74) is 2.61. The Morgan fingerprint density at radius 1 is 1.75 bits per heavy atom. The maximum absolute atomic E-state index is 11.2. The molecular weight excluding hydrogens is 158 g/mol. The van der Waals surface area contributed by atoms with Crippen molar-refractivity contribution in [2.45, 2.75) is 13.8 Å². The van der Waals surface area contributed by atoms with Gasteiger partial charge in [-0.3, -0.25) is 0 Å². The summed E-state index contributed by atoms with van der Waals surface area (Å²) in [6.45, 7) is 6.06. The van der Waals surface area contributed by atoms with E-state index in [1.54, 1.807) is 0 Å². The predicted molar refractivity (Wildman–Crippen MR) is 44.0 cm³/mol. The van der Waals surface area contributed by atoms with E-state index in [1.165, 1.54) is 5.06 Å². The van der Waals surface area contributed by atoms with Gasteiger partial charge in [-0.05, 0) is 5.92 Å². The lowest BCUT2D eigenvalue weighted by atomic mass is 10.2. The Labute approximate surface area is 72.0 Å². The van der Waals surface area contributed by atoms with Gasteiger partial charge in [-0.15, -0.1) is 0 Å². The summed E-state index contributed by atoms with van der Waals surface area (Å²) >= 11 is 0. The van der Waals surface area contributed by atoms with Crippen LogP contribution in [-0.4, -0.2) is 30.7 Å². The second kappa shape index (κ2) is 4.27. The smallest absolute Gasteiger partial charge is 0.336 e. The Morgan fingerprint density at radius 3 is 3.00 bits per heavy atom. The molecule has 1 heterocycles. The highest BCUT2D eigenvalue weighted by Crippen LogP contribution is 1.95. The van der Waals surface area contributed by atoms with Crippen LogP contribution < -0.4 is 10.8 Å². The SMILES string of the molecule is CC(C)CNC(=O)N1CCNO1. The molecule has 0 spiro atoms. The average molecular weight is 173 g/mol. The lowest BCUT2D eigenvalue weighted by molar-refractivity contribution is -0.117. The minimum absolute atomic E-state index is 0.172. The first kappa shape index (κ1) is 9.28. The monoisotopic (exact) mass is 173 g/mol. The number of hydroxylamine groups is 3. The van der Waals surface area contributed by atoms with E-state index < -0.39 is 0 Å². The number of urea groups is 1. The number of nitrogens with one attached hydrogen (secondary N) is 2. The molecule has 2 amide bonds. The van der Waals surface area contributed by atoms with Gasteiger partial charge in [-0.25, -0.2) is 4.79 Å². The fourth-order valence-electron chi connectivity index (χ4n) is 0.839. The summed E-state index contributed by atoms with van der Waals surface area (Å²) in [6.07, 6.45) is 0. The number of hydrogen-bond acceptors (Lipinski definition) is 3. The Hall–Kier alpha value is -0.810. The van der Waals surface area contributed by atoms with E-state index in [0.29, 0.717) is 25.6 Å². The maximum atomic E-state index is 11.2. The fourth-order valence-corrected chi connectivity index (χ4v) is 0.839.